The van der Waals surface area contributed by atoms with Gasteiger partial charge in [-0.3, -0.25) is 10.2 Å². The van der Waals surface area contributed by atoms with E-state index in [9.17, 15) is 19.5 Å². The smallest absolute Gasteiger partial charge is 0.412 e. The van der Waals surface area contributed by atoms with Crippen LogP contribution in [0.5, 0.6) is 0 Å². The summed E-state index contributed by atoms with van der Waals surface area (Å²) in [7, 11) is 0. The molecule has 2 aromatic rings. The highest BCUT2D eigenvalue weighted by molar-refractivity contribution is 5.93. The molecule has 158 valence electrons. The Morgan fingerprint density at radius 1 is 1.03 bits per heavy atom. The molecular formula is C22H24N2O6. The molecule has 8 nitrogen and oxygen atoms in total. The molecule has 8 heteroatoms. The lowest BCUT2D eigenvalue weighted by molar-refractivity contribution is 0.0634. The standard InChI is InChI=1S/C22H24N2O6/c1-22(2,3)30-20(27)23-18-10-9-15(19(25)26)16-11-24(12-17(16)18)21(28)29-13-14-7-5-4-6-8-14/h4-10H,11-13H2,1-3H3,(H,23,27)(H,25,26). The Kier molecular flexibility index (Phi) is 5.96. The fourth-order valence-electron chi connectivity index (χ4n) is 3.16. The first kappa shape index (κ1) is 21.2. The minimum Gasteiger partial charge on any atom is -0.478 e. The highest BCUT2D eigenvalue weighted by Crippen LogP contribution is 2.33. The maximum atomic E-state index is 12.5. The van der Waals surface area contributed by atoms with Crippen molar-refractivity contribution in [1.82, 2.24) is 4.90 Å². The van der Waals surface area contributed by atoms with Crippen LogP contribution in [0.2, 0.25) is 0 Å². The highest BCUT2D eigenvalue weighted by Gasteiger charge is 2.31. The Morgan fingerprint density at radius 2 is 1.70 bits per heavy atom. The van der Waals surface area contributed by atoms with Crippen LogP contribution in [0.3, 0.4) is 0 Å². The van der Waals surface area contributed by atoms with Crippen molar-refractivity contribution >= 4 is 23.8 Å². The number of rotatable bonds is 4. The second-order valence-corrected chi connectivity index (χ2v) is 7.95. The number of hydrogen-bond acceptors (Lipinski definition) is 5. The molecule has 0 aliphatic carbocycles. The van der Waals surface area contributed by atoms with Crippen LogP contribution in [-0.4, -0.2) is 33.8 Å². The molecule has 2 N–H and O–H groups in total. The monoisotopic (exact) mass is 412 g/mol. The van der Waals surface area contributed by atoms with Crippen molar-refractivity contribution in [3.8, 4) is 0 Å². The minimum atomic E-state index is -1.10. The van der Waals surface area contributed by atoms with Gasteiger partial charge in [-0.25, -0.2) is 14.4 Å². The fourth-order valence-corrected chi connectivity index (χ4v) is 3.16. The number of carboxylic acids is 1. The number of nitrogens with one attached hydrogen (secondary N) is 1. The largest absolute Gasteiger partial charge is 0.478 e. The predicted molar refractivity (Wildman–Crippen MR) is 109 cm³/mol. The first-order valence-corrected chi connectivity index (χ1v) is 9.48. The van der Waals surface area contributed by atoms with Crippen molar-refractivity contribution in [1.29, 1.82) is 0 Å². The molecule has 2 aromatic carbocycles. The third kappa shape index (κ3) is 5.08. The van der Waals surface area contributed by atoms with Crippen LogP contribution in [0.25, 0.3) is 0 Å². The molecule has 30 heavy (non-hydrogen) atoms. The number of fused-ring (bicyclic) bond motifs is 1. The molecule has 1 aliphatic heterocycles. The predicted octanol–water partition coefficient (Wildman–Crippen LogP) is 4.38. The number of anilines is 1. The zero-order valence-electron chi connectivity index (χ0n) is 17.1. The molecule has 0 fully saturated rings. The topological polar surface area (TPSA) is 105 Å². The zero-order chi connectivity index (χ0) is 21.9. The van der Waals surface area contributed by atoms with Crippen molar-refractivity contribution in [2.24, 2.45) is 0 Å². The second-order valence-electron chi connectivity index (χ2n) is 7.95. The van der Waals surface area contributed by atoms with Crippen molar-refractivity contribution in [2.75, 3.05) is 5.32 Å². The normalized spacial score (nSPS) is 12.8. The van der Waals surface area contributed by atoms with Gasteiger partial charge >= 0.3 is 18.2 Å². The maximum absolute atomic E-state index is 12.5. The Morgan fingerprint density at radius 3 is 2.33 bits per heavy atom. The third-order valence-electron chi connectivity index (χ3n) is 4.46. The summed E-state index contributed by atoms with van der Waals surface area (Å²) in [5.74, 6) is -1.10. The van der Waals surface area contributed by atoms with Gasteiger partial charge in [-0.05, 0) is 44.0 Å². The van der Waals surface area contributed by atoms with E-state index in [1.165, 1.54) is 17.0 Å². The van der Waals surface area contributed by atoms with Crippen LogP contribution in [0, 0.1) is 0 Å². The lowest BCUT2D eigenvalue weighted by Crippen LogP contribution is -2.28. The summed E-state index contributed by atoms with van der Waals surface area (Å²) in [4.78, 5) is 37.7. The summed E-state index contributed by atoms with van der Waals surface area (Å²) in [6, 6.07) is 12.2. The van der Waals surface area contributed by atoms with E-state index < -0.39 is 23.8 Å². The van der Waals surface area contributed by atoms with Gasteiger partial charge in [0, 0.05) is 11.3 Å². The first-order chi connectivity index (χ1) is 14.1. The van der Waals surface area contributed by atoms with Crippen molar-refractivity contribution in [2.45, 2.75) is 46.1 Å². The minimum absolute atomic E-state index is 0.0778. The molecule has 0 aromatic heterocycles. The van der Waals surface area contributed by atoms with Gasteiger partial charge in [0.2, 0.25) is 0 Å². The average Bonchev–Trinajstić information content (AvgIpc) is 3.11. The number of benzene rings is 2. The Balaban J connectivity index is 1.76. The van der Waals surface area contributed by atoms with Crippen LogP contribution in [0.15, 0.2) is 42.5 Å². The van der Waals surface area contributed by atoms with Gasteiger partial charge in [0.1, 0.15) is 12.2 Å². The molecular weight excluding hydrogens is 388 g/mol. The van der Waals surface area contributed by atoms with Gasteiger partial charge < -0.3 is 14.6 Å². The van der Waals surface area contributed by atoms with Gasteiger partial charge in [-0.2, -0.15) is 0 Å². The Bertz CT molecular complexity index is 966. The van der Waals surface area contributed by atoms with Crippen molar-refractivity contribution in [3.05, 3.63) is 64.7 Å². The molecule has 0 radical (unpaired) electrons. The third-order valence-corrected chi connectivity index (χ3v) is 4.46. The first-order valence-electron chi connectivity index (χ1n) is 9.48. The molecule has 1 aliphatic rings. The van der Waals surface area contributed by atoms with E-state index in [0.29, 0.717) is 16.8 Å². The van der Waals surface area contributed by atoms with E-state index in [2.05, 4.69) is 5.32 Å². The summed E-state index contributed by atoms with van der Waals surface area (Å²) < 4.78 is 10.6. The van der Waals surface area contributed by atoms with Crippen LogP contribution in [-0.2, 0) is 29.2 Å². The van der Waals surface area contributed by atoms with Crippen LogP contribution >= 0.6 is 0 Å². The van der Waals surface area contributed by atoms with Crippen molar-refractivity contribution < 1.29 is 29.0 Å². The van der Waals surface area contributed by atoms with E-state index in [-0.39, 0.29) is 25.3 Å². The van der Waals surface area contributed by atoms with Crippen molar-refractivity contribution in [3.63, 3.8) is 0 Å². The Labute approximate surface area is 174 Å². The number of ether oxygens (including phenoxy) is 2. The maximum Gasteiger partial charge on any atom is 0.412 e. The number of hydrogen-bond donors (Lipinski definition) is 2. The second kappa shape index (κ2) is 8.44. The fraction of sp³-hybridized carbons (Fsp3) is 0.318. The number of carboxylic acid groups (broad SMARTS) is 1. The summed E-state index contributed by atoms with van der Waals surface area (Å²) in [6.45, 7) is 5.55. The van der Waals surface area contributed by atoms with Gasteiger partial charge in [-0.15, -0.1) is 0 Å². The average molecular weight is 412 g/mol. The van der Waals surface area contributed by atoms with E-state index in [0.717, 1.165) is 5.56 Å². The molecule has 0 saturated heterocycles. The lowest BCUT2D eigenvalue weighted by atomic mass is 10.0. The van der Waals surface area contributed by atoms with E-state index in [1.807, 2.05) is 30.3 Å². The molecule has 0 spiro atoms. The Hall–Kier alpha value is -3.55. The summed E-state index contributed by atoms with van der Waals surface area (Å²) in [5.41, 5.74) is 1.67. The molecule has 0 unspecified atom stereocenters. The quantitative estimate of drug-likeness (QED) is 0.772. The highest BCUT2D eigenvalue weighted by atomic mass is 16.6. The summed E-state index contributed by atoms with van der Waals surface area (Å²) >= 11 is 0. The summed E-state index contributed by atoms with van der Waals surface area (Å²) in [5, 5.41) is 12.2. The number of nitrogens with zero attached hydrogens (tertiary/aromatic N) is 1. The molecule has 2 amide bonds. The molecule has 0 bridgehead atoms. The number of carbonyl (C=O) groups excluding carboxylic acids is 2. The number of carbonyl (C=O) groups is 3. The zero-order valence-corrected chi connectivity index (χ0v) is 17.1. The number of aromatic carboxylic acids is 1. The molecule has 3 rings (SSSR count). The van der Waals surface area contributed by atoms with Crippen LogP contribution in [0.1, 0.15) is 47.8 Å². The summed E-state index contributed by atoms with van der Waals surface area (Å²) in [6.07, 6.45) is -1.22. The van der Waals surface area contributed by atoms with E-state index >= 15 is 0 Å². The number of amides is 2. The molecule has 0 saturated carbocycles. The van der Waals surface area contributed by atoms with Gasteiger partial charge in [-0.1, -0.05) is 30.3 Å². The van der Waals surface area contributed by atoms with E-state index in [4.69, 9.17) is 9.47 Å². The van der Waals surface area contributed by atoms with Crippen LogP contribution < -0.4 is 5.32 Å². The van der Waals surface area contributed by atoms with Gasteiger partial charge in [0.25, 0.3) is 0 Å². The molecule has 0 atom stereocenters. The SMILES string of the molecule is CC(C)(C)OC(=O)Nc1ccc(C(=O)O)c2c1CN(C(=O)OCc1ccccc1)C2. The molecule has 1 heterocycles. The van der Waals surface area contributed by atoms with Gasteiger partial charge in [0.05, 0.1) is 18.7 Å². The lowest BCUT2D eigenvalue weighted by Gasteiger charge is -2.20. The van der Waals surface area contributed by atoms with Gasteiger partial charge in [0.15, 0.2) is 0 Å². The van der Waals surface area contributed by atoms with Crippen LogP contribution in [0.4, 0.5) is 15.3 Å². The van der Waals surface area contributed by atoms with E-state index in [1.54, 1.807) is 20.8 Å².